The minimum Gasteiger partial charge on any atom is -0.357 e. The molecule has 0 radical (unpaired) electrons. The molecule has 1 fully saturated rings. The predicted molar refractivity (Wildman–Crippen MR) is 86.5 cm³/mol. The van der Waals surface area contributed by atoms with Crippen molar-refractivity contribution in [2.45, 2.75) is 40.0 Å². The summed E-state index contributed by atoms with van der Waals surface area (Å²) >= 11 is 1.77. The Morgan fingerprint density at radius 1 is 1.50 bits per heavy atom. The van der Waals surface area contributed by atoms with Crippen molar-refractivity contribution in [3.8, 4) is 0 Å². The molecule has 1 saturated heterocycles. The van der Waals surface area contributed by atoms with E-state index in [1.807, 2.05) is 6.20 Å². The van der Waals surface area contributed by atoms with Crippen LogP contribution in [0.5, 0.6) is 0 Å². The van der Waals surface area contributed by atoms with Gasteiger partial charge in [-0.1, -0.05) is 6.92 Å². The predicted octanol–water partition coefficient (Wildman–Crippen LogP) is 2.69. The number of aliphatic imine (C=N–C) groups is 1. The second-order valence-corrected chi connectivity index (χ2v) is 6.84. The lowest BCUT2D eigenvalue weighted by Crippen LogP contribution is -2.45. The van der Waals surface area contributed by atoms with Crippen LogP contribution in [-0.4, -0.2) is 42.0 Å². The second-order valence-electron chi connectivity index (χ2n) is 5.52. The fraction of sp³-hybridized carbons (Fsp3) is 0.733. The Kier molecular flexibility index (Phi) is 5.83. The normalized spacial score (nSPS) is 17.6. The molecule has 0 aliphatic carbocycles. The van der Waals surface area contributed by atoms with Crippen LogP contribution < -0.4 is 5.32 Å². The van der Waals surface area contributed by atoms with E-state index in [0.29, 0.717) is 0 Å². The molecular formula is C15H26N4S. The molecule has 1 aromatic rings. The Balaban J connectivity index is 1.88. The van der Waals surface area contributed by atoms with Crippen molar-refractivity contribution in [3.05, 3.63) is 16.1 Å². The molecule has 2 rings (SSSR count). The molecule has 0 bridgehead atoms. The molecule has 1 N–H and O–H groups in total. The summed E-state index contributed by atoms with van der Waals surface area (Å²) in [5.41, 5.74) is 0. The van der Waals surface area contributed by atoms with Gasteiger partial charge in [-0.3, -0.25) is 4.99 Å². The molecule has 0 spiro atoms. The van der Waals surface area contributed by atoms with Gasteiger partial charge in [-0.2, -0.15) is 0 Å². The number of aryl methyl sites for hydroxylation is 1. The maximum absolute atomic E-state index is 4.76. The van der Waals surface area contributed by atoms with Crippen LogP contribution in [0.1, 0.15) is 36.6 Å². The van der Waals surface area contributed by atoms with Crippen molar-refractivity contribution in [2.24, 2.45) is 10.9 Å². The van der Waals surface area contributed by atoms with Gasteiger partial charge in [-0.05, 0) is 32.6 Å². The average Bonchev–Trinajstić information content (AvgIpc) is 2.84. The molecule has 20 heavy (non-hydrogen) atoms. The molecule has 4 nitrogen and oxygen atoms in total. The first kappa shape index (κ1) is 15.3. The number of nitrogens with zero attached hydrogens (tertiary/aromatic N) is 3. The first-order chi connectivity index (χ1) is 9.69. The van der Waals surface area contributed by atoms with E-state index in [-0.39, 0.29) is 0 Å². The van der Waals surface area contributed by atoms with Gasteiger partial charge >= 0.3 is 0 Å². The lowest BCUT2D eigenvalue weighted by Gasteiger charge is -2.33. The Morgan fingerprint density at radius 2 is 2.25 bits per heavy atom. The molecule has 0 atom stereocenters. The van der Waals surface area contributed by atoms with E-state index in [1.165, 1.54) is 22.7 Å². The third kappa shape index (κ3) is 4.47. The zero-order valence-corrected chi connectivity index (χ0v) is 13.7. The summed E-state index contributed by atoms with van der Waals surface area (Å²) in [6.45, 7) is 10.6. The minimum atomic E-state index is 0.821. The molecule has 2 heterocycles. The van der Waals surface area contributed by atoms with Gasteiger partial charge in [0.25, 0.3) is 0 Å². The van der Waals surface area contributed by atoms with Gasteiger partial charge < -0.3 is 10.2 Å². The number of likely N-dealkylation sites (tertiary alicyclic amines) is 1. The van der Waals surface area contributed by atoms with Gasteiger partial charge in [-0.15, -0.1) is 11.3 Å². The molecule has 0 aromatic carbocycles. The van der Waals surface area contributed by atoms with Gasteiger partial charge in [-0.25, -0.2) is 4.98 Å². The summed E-state index contributed by atoms with van der Waals surface area (Å²) in [5, 5.41) is 4.61. The van der Waals surface area contributed by atoms with E-state index < -0.39 is 0 Å². The highest BCUT2D eigenvalue weighted by Crippen LogP contribution is 2.16. The molecule has 1 aliphatic rings. The van der Waals surface area contributed by atoms with E-state index in [0.717, 1.165) is 44.5 Å². The van der Waals surface area contributed by atoms with Crippen molar-refractivity contribution < 1.29 is 0 Å². The lowest BCUT2D eigenvalue weighted by atomic mass is 10.00. The number of piperidine rings is 1. The Bertz CT molecular complexity index is 433. The molecule has 0 unspecified atom stereocenters. The standard InChI is InChI=1S/C15H26N4S/c1-4-16-15(19-9-6-12(2)7-10-19)17-8-5-14-18-11-13(3)20-14/h11-12H,4-10H2,1-3H3,(H,16,17). The van der Waals surface area contributed by atoms with E-state index >= 15 is 0 Å². The van der Waals surface area contributed by atoms with Crippen molar-refractivity contribution in [1.29, 1.82) is 0 Å². The summed E-state index contributed by atoms with van der Waals surface area (Å²) in [6.07, 6.45) is 5.44. The van der Waals surface area contributed by atoms with E-state index in [1.54, 1.807) is 11.3 Å². The summed E-state index contributed by atoms with van der Waals surface area (Å²) in [4.78, 5) is 12.8. The number of thiazole rings is 1. The fourth-order valence-electron chi connectivity index (χ4n) is 2.42. The van der Waals surface area contributed by atoms with Gasteiger partial charge in [0.1, 0.15) is 0 Å². The van der Waals surface area contributed by atoms with Crippen LogP contribution in [0.3, 0.4) is 0 Å². The molecular weight excluding hydrogens is 268 g/mol. The Hall–Kier alpha value is -1.10. The molecule has 5 heteroatoms. The maximum Gasteiger partial charge on any atom is 0.193 e. The van der Waals surface area contributed by atoms with Crippen LogP contribution in [0.15, 0.2) is 11.2 Å². The van der Waals surface area contributed by atoms with Gasteiger partial charge in [0.2, 0.25) is 0 Å². The SMILES string of the molecule is CCNC(=NCCc1ncc(C)s1)N1CCC(C)CC1. The quantitative estimate of drug-likeness (QED) is 0.685. The number of hydrogen-bond acceptors (Lipinski definition) is 3. The maximum atomic E-state index is 4.76. The Labute approximate surface area is 126 Å². The van der Waals surface area contributed by atoms with E-state index in [9.17, 15) is 0 Å². The minimum absolute atomic E-state index is 0.821. The van der Waals surface area contributed by atoms with Crippen LogP contribution in [0.2, 0.25) is 0 Å². The highest BCUT2D eigenvalue weighted by atomic mass is 32.1. The Morgan fingerprint density at radius 3 is 2.85 bits per heavy atom. The highest BCUT2D eigenvalue weighted by molar-refractivity contribution is 7.11. The van der Waals surface area contributed by atoms with Gasteiger partial charge in [0, 0.05) is 43.7 Å². The number of rotatable bonds is 4. The number of aromatic nitrogens is 1. The second kappa shape index (κ2) is 7.62. The molecule has 1 aliphatic heterocycles. The van der Waals surface area contributed by atoms with Crippen LogP contribution in [0.4, 0.5) is 0 Å². The van der Waals surface area contributed by atoms with Crippen molar-refractivity contribution in [1.82, 2.24) is 15.2 Å². The van der Waals surface area contributed by atoms with Gasteiger partial charge in [0.15, 0.2) is 5.96 Å². The largest absolute Gasteiger partial charge is 0.357 e. The van der Waals surface area contributed by atoms with Crippen molar-refractivity contribution >= 4 is 17.3 Å². The van der Waals surface area contributed by atoms with Crippen LogP contribution in [0, 0.1) is 12.8 Å². The number of hydrogen-bond donors (Lipinski definition) is 1. The first-order valence-electron chi connectivity index (χ1n) is 7.63. The van der Waals surface area contributed by atoms with Crippen LogP contribution in [0.25, 0.3) is 0 Å². The van der Waals surface area contributed by atoms with Gasteiger partial charge in [0.05, 0.1) is 5.01 Å². The summed E-state index contributed by atoms with van der Waals surface area (Å²) in [7, 11) is 0. The summed E-state index contributed by atoms with van der Waals surface area (Å²) in [5.74, 6) is 1.93. The lowest BCUT2D eigenvalue weighted by molar-refractivity contribution is 0.273. The molecule has 112 valence electrons. The topological polar surface area (TPSA) is 40.5 Å². The third-order valence-corrected chi connectivity index (χ3v) is 4.65. The van der Waals surface area contributed by atoms with E-state index in [2.05, 4.69) is 36.0 Å². The van der Waals surface area contributed by atoms with Crippen molar-refractivity contribution in [2.75, 3.05) is 26.2 Å². The fourth-order valence-corrected chi connectivity index (χ4v) is 3.20. The molecule has 0 amide bonds. The van der Waals surface area contributed by atoms with Crippen molar-refractivity contribution in [3.63, 3.8) is 0 Å². The zero-order chi connectivity index (χ0) is 14.4. The van der Waals surface area contributed by atoms with E-state index in [4.69, 9.17) is 4.99 Å². The number of guanidine groups is 1. The zero-order valence-electron chi connectivity index (χ0n) is 12.9. The van der Waals surface area contributed by atoms with Crippen LogP contribution in [-0.2, 0) is 6.42 Å². The first-order valence-corrected chi connectivity index (χ1v) is 8.45. The van der Waals surface area contributed by atoms with Crippen LogP contribution >= 0.6 is 11.3 Å². The number of nitrogens with one attached hydrogen (secondary N) is 1. The third-order valence-electron chi connectivity index (χ3n) is 3.67. The molecule has 0 saturated carbocycles. The molecule has 1 aromatic heterocycles. The summed E-state index contributed by atoms with van der Waals surface area (Å²) in [6, 6.07) is 0. The summed E-state index contributed by atoms with van der Waals surface area (Å²) < 4.78 is 0. The monoisotopic (exact) mass is 294 g/mol. The average molecular weight is 294 g/mol. The highest BCUT2D eigenvalue weighted by Gasteiger charge is 2.18. The smallest absolute Gasteiger partial charge is 0.193 e.